The summed E-state index contributed by atoms with van der Waals surface area (Å²) in [4.78, 5) is 21.2. The van der Waals surface area contributed by atoms with Crippen LogP contribution in [0.3, 0.4) is 0 Å². The molecular weight excluding hydrogens is 700 g/mol. The van der Waals surface area contributed by atoms with E-state index < -0.39 is 19.9 Å². The fourth-order valence-electron chi connectivity index (χ4n) is 5.64. The van der Waals surface area contributed by atoms with Crippen LogP contribution in [0.4, 0.5) is 8.99 Å². The Balaban J connectivity index is 1.80. The van der Waals surface area contributed by atoms with Crippen molar-refractivity contribution in [2.75, 3.05) is 39.2 Å². The van der Waals surface area contributed by atoms with E-state index >= 15 is 0 Å². The summed E-state index contributed by atoms with van der Waals surface area (Å²) in [5.74, 6) is 1.41. The maximum Gasteiger partial charge on any atom is 0.367 e. The molecule has 0 aliphatic carbocycles. The first-order chi connectivity index (χ1) is 25.8. The maximum atomic E-state index is 12.6. The predicted molar refractivity (Wildman–Crippen MR) is 209 cm³/mol. The van der Waals surface area contributed by atoms with Crippen molar-refractivity contribution < 1.29 is 37.4 Å². The largest absolute Gasteiger partial charge is 0.493 e. The molecule has 53 heavy (non-hydrogen) atoms. The molecule has 0 spiro atoms. The third-order valence-corrected chi connectivity index (χ3v) is 9.43. The van der Waals surface area contributed by atoms with Crippen LogP contribution in [0.5, 0.6) is 11.5 Å². The number of aromatic nitrogens is 3. The van der Waals surface area contributed by atoms with Crippen molar-refractivity contribution in [1.29, 1.82) is 0 Å². The monoisotopic (exact) mass is 767 g/mol. The van der Waals surface area contributed by atoms with E-state index in [9.17, 15) is 13.6 Å². The first-order valence-corrected chi connectivity index (χ1v) is 21.9. The van der Waals surface area contributed by atoms with Gasteiger partial charge in [-0.2, -0.15) is 14.0 Å². The fraction of sp³-hybridized carbons (Fsp3) is 0.744. The van der Waals surface area contributed by atoms with Gasteiger partial charge in [-0.15, -0.1) is 5.10 Å². The summed E-state index contributed by atoms with van der Waals surface area (Å²) in [6, 6.07) is 5.08. The summed E-state index contributed by atoms with van der Waals surface area (Å²) in [5.41, 5.74) is 3.59. The third-order valence-electron chi connectivity index (χ3n) is 8.69. The van der Waals surface area contributed by atoms with Crippen molar-refractivity contribution in [2.45, 2.75) is 149 Å². The first-order valence-electron chi connectivity index (χ1n) is 20.1. The van der Waals surface area contributed by atoms with Crippen LogP contribution < -0.4 is 14.9 Å². The second-order valence-corrected chi connectivity index (χ2v) is 15.3. The van der Waals surface area contributed by atoms with Crippen LogP contribution >= 0.6 is 7.68 Å². The predicted octanol–water partition coefficient (Wildman–Crippen LogP) is 10.2. The Morgan fingerprint density at radius 1 is 0.755 bits per heavy atom. The number of hydrogen-bond acceptors (Lipinski definition) is 9. The Morgan fingerprint density at radius 3 is 1.75 bits per heavy atom. The zero-order valence-electron chi connectivity index (χ0n) is 32.5. The van der Waals surface area contributed by atoms with Gasteiger partial charge in [-0.3, -0.25) is 4.57 Å². The van der Waals surface area contributed by atoms with Crippen molar-refractivity contribution in [2.24, 2.45) is 5.10 Å². The van der Waals surface area contributed by atoms with Gasteiger partial charge in [0.15, 0.2) is 0 Å². The van der Waals surface area contributed by atoms with E-state index in [2.05, 4.69) is 34.7 Å². The third kappa shape index (κ3) is 25.7. The summed E-state index contributed by atoms with van der Waals surface area (Å²) in [6.45, 7) is 5.90. The highest BCUT2D eigenvalue weighted by molar-refractivity contribution is 7.52. The standard InChI is InChI=1S/C39H67FN5O7P/c1-3-5-7-9-11-13-15-17-19-21-23-51-37-29-35(30-38(31-37)52-24-22-20-18-16-14-12-10-8-6-4-2)32-41-43-39(46)45-33-36(42-44-45)34-50-26-25-49-27-28-53(40,47)48/h29-33H,3-28,34H2,1-2H3,(H,43,46)(H,47,48)/b41-32+. The Labute approximate surface area is 317 Å². The van der Waals surface area contributed by atoms with Gasteiger partial charge in [-0.1, -0.05) is 135 Å². The highest BCUT2D eigenvalue weighted by Gasteiger charge is 2.14. The molecule has 0 fully saturated rings. The lowest BCUT2D eigenvalue weighted by molar-refractivity contribution is 0.0440. The minimum Gasteiger partial charge on any atom is -0.493 e. The van der Waals surface area contributed by atoms with E-state index in [0.717, 1.165) is 35.9 Å². The second kappa shape index (κ2) is 30.5. The minimum atomic E-state index is -4.58. The molecule has 0 saturated carbocycles. The van der Waals surface area contributed by atoms with E-state index in [1.807, 2.05) is 18.2 Å². The Bertz CT molecular complexity index is 1250. The van der Waals surface area contributed by atoms with Crippen molar-refractivity contribution >= 4 is 19.9 Å². The lowest BCUT2D eigenvalue weighted by Gasteiger charge is -2.11. The molecule has 1 aromatic heterocycles. The van der Waals surface area contributed by atoms with Gasteiger partial charge in [0, 0.05) is 11.6 Å². The van der Waals surface area contributed by atoms with Gasteiger partial charge in [-0.25, -0.2) is 10.2 Å². The van der Waals surface area contributed by atoms with E-state index in [1.165, 1.54) is 115 Å². The number of amides is 1. The lowest BCUT2D eigenvalue weighted by atomic mass is 10.1. The number of hydrazone groups is 1. The first kappa shape index (κ1) is 46.3. The number of hydrogen-bond donors (Lipinski definition) is 2. The summed E-state index contributed by atoms with van der Waals surface area (Å²) < 4.78 is 47.0. The topological polar surface area (TPSA) is 146 Å². The maximum absolute atomic E-state index is 12.6. The van der Waals surface area contributed by atoms with Crippen molar-refractivity contribution in [3.8, 4) is 11.5 Å². The molecule has 0 aliphatic heterocycles. The van der Waals surface area contributed by atoms with Crippen molar-refractivity contribution in [3.05, 3.63) is 35.7 Å². The van der Waals surface area contributed by atoms with Gasteiger partial charge in [0.25, 0.3) is 0 Å². The van der Waals surface area contributed by atoms with Crippen LogP contribution in [-0.4, -0.2) is 71.3 Å². The molecule has 0 bridgehead atoms. The number of rotatable bonds is 34. The van der Waals surface area contributed by atoms with Crippen LogP contribution in [0.25, 0.3) is 0 Å². The van der Waals surface area contributed by atoms with Crippen LogP contribution in [0.15, 0.2) is 29.5 Å². The summed E-state index contributed by atoms with van der Waals surface area (Å²) in [5, 5.41) is 11.8. The Kier molecular flexibility index (Phi) is 26.6. The van der Waals surface area contributed by atoms with Gasteiger partial charge < -0.3 is 23.8 Å². The zero-order valence-corrected chi connectivity index (χ0v) is 33.4. The van der Waals surface area contributed by atoms with Gasteiger partial charge in [0.05, 0.1) is 58.2 Å². The molecule has 12 nitrogen and oxygen atoms in total. The zero-order chi connectivity index (χ0) is 38.2. The number of carbonyl (C=O) groups excluding carboxylic acids is 1. The van der Waals surface area contributed by atoms with Gasteiger partial charge >= 0.3 is 13.7 Å². The van der Waals surface area contributed by atoms with E-state index in [0.29, 0.717) is 30.4 Å². The molecule has 0 aliphatic rings. The molecule has 1 atom stereocenters. The molecule has 2 rings (SSSR count). The highest BCUT2D eigenvalue weighted by Crippen LogP contribution is 2.41. The SMILES string of the molecule is CCCCCCCCCCCCOc1cc(/C=N/NC(=O)n2cc(COCCOCCP(=O)(O)F)nn2)cc(OCCCCCCCCCCCC)c1. The van der Waals surface area contributed by atoms with Gasteiger partial charge in [0.1, 0.15) is 17.2 Å². The Hall–Kier alpha value is -2.86. The molecule has 2 N–H and O–H groups in total. The van der Waals surface area contributed by atoms with Gasteiger partial charge in [0.2, 0.25) is 0 Å². The molecule has 1 aromatic carbocycles. The number of carbonyl (C=O) groups is 1. The average Bonchev–Trinajstić information content (AvgIpc) is 3.61. The van der Waals surface area contributed by atoms with Crippen molar-refractivity contribution in [3.63, 3.8) is 0 Å². The summed E-state index contributed by atoms with van der Waals surface area (Å²) in [7, 11) is -4.58. The quantitative estimate of drug-likeness (QED) is 0.0307. The summed E-state index contributed by atoms with van der Waals surface area (Å²) >= 11 is 0. The average molecular weight is 768 g/mol. The fourth-order valence-corrected chi connectivity index (χ4v) is 6.00. The minimum absolute atomic E-state index is 0.0648. The van der Waals surface area contributed by atoms with Crippen LogP contribution in [0, 0.1) is 0 Å². The second-order valence-electron chi connectivity index (χ2n) is 13.6. The Morgan fingerprint density at radius 2 is 1.25 bits per heavy atom. The number of nitrogens with one attached hydrogen (secondary N) is 1. The summed E-state index contributed by atoms with van der Waals surface area (Å²) in [6.07, 6.45) is 27.7. The number of nitrogens with zero attached hydrogens (tertiary/aromatic N) is 4. The molecule has 1 unspecified atom stereocenters. The molecule has 1 amide bonds. The smallest absolute Gasteiger partial charge is 0.367 e. The molecule has 0 saturated heterocycles. The molecule has 0 radical (unpaired) electrons. The molecular formula is C39H67FN5O7P. The van der Waals surface area contributed by atoms with Crippen LogP contribution in [0.2, 0.25) is 0 Å². The molecule has 2 aromatic rings. The molecule has 14 heteroatoms. The highest BCUT2D eigenvalue weighted by atomic mass is 31.2. The molecule has 302 valence electrons. The molecule has 1 heterocycles. The number of unbranched alkanes of at least 4 members (excludes halogenated alkanes) is 18. The lowest BCUT2D eigenvalue weighted by Crippen LogP contribution is -2.24. The van der Waals surface area contributed by atoms with E-state index in [4.69, 9.17) is 23.8 Å². The van der Waals surface area contributed by atoms with E-state index in [-0.39, 0.29) is 26.4 Å². The number of halogens is 1. The normalized spacial score (nSPS) is 12.7. The van der Waals surface area contributed by atoms with Crippen LogP contribution in [0.1, 0.15) is 154 Å². The number of ether oxygens (including phenoxy) is 4. The van der Waals surface area contributed by atoms with E-state index in [1.54, 1.807) is 0 Å². The van der Waals surface area contributed by atoms with Gasteiger partial charge in [-0.05, 0) is 25.0 Å². The number of benzene rings is 1. The van der Waals surface area contributed by atoms with Crippen molar-refractivity contribution in [1.82, 2.24) is 20.4 Å². The van der Waals surface area contributed by atoms with Crippen LogP contribution in [-0.2, 0) is 20.6 Å².